The number of hydrogen-bond donors (Lipinski definition) is 4. The average molecular weight is 197 g/mol. The zero-order valence-electron chi connectivity index (χ0n) is 8.01. The molecule has 0 saturated heterocycles. The van der Waals surface area contributed by atoms with E-state index < -0.39 is 12.2 Å². The topological polar surface area (TPSA) is 91.4 Å². The number of aromatic nitrogens is 1. The molecule has 0 aliphatic carbocycles. The normalized spacial score (nSPS) is 15.1. The number of anilines is 1. The molecule has 2 atom stereocenters. The van der Waals surface area contributed by atoms with Gasteiger partial charge in [-0.1, -0.05) is 0 Å². The average Bonchev–Trinajstić information content (AvgIpc) is 2.18. The molecule has 0 saturated carbocycles. The third kappa shape index (κ3) is 2.41. The molecule has 0 radical (unpaired) electrons. The van der Waals surface area contributed by atoms with Crippen molar-refractivity contribution in [3.05, 3.63) is 24.0 Å². The first-order valence-corrected chi connectivity index (χ1v) is 4.37. The molecular weight excluding hydrogens is 182 g/mol. The second-order valence-electron chi connectivity index (χ2n) is 3.07. The Morgan fingerprint density at radius 1 is 1.57 bits per heavy atom. The molecule has 0 aromatic carbocycles. The van der Waals surface area contributed by atoms with Crippen LogP contribution in [0.3, 0.4) is 0 Å². The van der Waals surface area contributed by atoms with Crippen LogP contribution in [0.15, 0.2) is 18.5 Å². The van der Waals surface area contributed by atoms with Crippen molar-refractivity contribution < 1.29 is 10.2 Å². The third-order valence-electron chi connectivity index (χ3n) is 1.98. The molecule has 1 aromatic heterocycles. The highest BCUT2D eigenvalue weighted by Gasteiger charge is 2.19. The Morgan fingerprint density at radius 2 is 2.29 bits per heavy atom. The van der Waals surface area contributed by atoms with Gasteiger partial charge in [0, 0.05) is 18.3 Å². The monoisotopic (exact) mass is 197 g/mol. The van der Waals surface area contributed by atoms with Gasteiger partial charge in [-0.15, -0.1) is 0 Å². The number of nitrogen functional groups attached to an aromatic ring is 1. The van der Waals surface area contributed by atoms with E-state index in [0.29, 0.717) is 17.8 Å². The molecule has 2 unspecified atom stereocenters. The second kappa shape index (κ2) is 4.90. The lowest BCUT2D eigenvalue weighted by Gasteiger charge is -2.18. The van der Waals surface area contributed by atoms with Gasteiger partial charge in [-0.05, 0) is 13.1 Å². The van der Waals surface area contributed by atoms with Crippen molar-refractivity contribution in [2.24, 2.45) is 0 Å². The second-order valence-corrected chi connectivity index (χ2v) is 3.07. The lowest BCUT2D eigenvalue weighted by atomic mass is 10.0. The fraction of sp³-hybridized carbons (Fsp3) is 0.444. The van der Waals surface area contributed by atoms with Gasteiger partial charge in [0.05, 0.1) is 18.0 Å². The maximum Gasteiger partial charge on any atom is 0.108 e. The summed E-state index contributed by atoms with van der Waals surface area (Å²) in [6.07, 6.45) is 1.13. The minimum absolute atomic E-state index is 0.308. The van der Waals surface area contributed by atoms with Crippen LogP contribution in [0.1, 0.15) is 11.7 Å². The van der Waals surface area contributed by atoms with Crippen molar-refractivity contribution in [1.82, 2.24) is 10.3 Å². The summed E-state index contributed by atoms with van der Waals surface area (Å²) in [4.78, 5) is 3.80. The van der Waals surface area contributed by atoms with Gasteiger partial charge in [0.25, 0.3) is 0 Å². The zero-order valence-corrected chi connectivity index (χ0v) is 8.01. The molecule has 0 aliphatic rings. The molecule has 0 spiro atoms. The van der Waals surface area contributed by atoms with Gasteiger partial charge >= 0.3 is 0 Å². The van der Waals surface area contributed by atoms with Gasteiger partial charge in [0.2, 0.25) is 0 Å². The van der Waals surface area contributed by atoms with Crippen LogP contribution < -0.4 is 11.1 Å². The van der Waals surface area contributed by atoms with Crippen LogP contribution in [0, 0.1) is 0 Å². The van der Waals surface area contributed by atoms with Gasteiger partial charge in [-0.25, -0.2) is 0 Å². The Morgan fingerprint density at radius 3 is 2.86 bits per heavy atom. The summed E-state index contributed by atoms with van der Waals surface area (Å²) in [6.45, 7) is 0.308. The predicted octanol–water partition coefficient (Wildman–Crippen LogP) is -0.723. The molecule has 1 heterocycles. The molecule has 14 heavy (non-hydrogen) atoms. The van der Waals surface area contributed by atoms with E-state index in [9.17, 15) is 10.2 Å². The molecule has 5 nitrogen and oxygen atoms in total. The summed E-state index contributed by atoms with van der Waals surface area (Å²) in [7, 11) is 1.70. The molecule has 78 valence electrons. The number of aliphatic hydroxyl groups is 2. The van der Waals surface area contributed by atoms with Crippen LogP contribution in [0.5, 0.6) is 0 Å². The zero-order chi connectivity index (χ0) is 10.6. The Bertz CT molecular complexity index is 293. The highest BCUT2D eigenvalue weighted by atomic mass is 16.3. The molecule has 0 aliphatic heterocycles. The summed E-state index contributed by atoms with van der Waals surface area (Å²) >= 11 is 0. The van der Waals surface area contributed by atoms with E-state index >= 15 is 0 Å². The van der Waals surface area contributed by atoms with Crippen molar-refractivity contribution in [1.29, 1.82) is 0 Å². The number of nitrogens with one attached hydrogen (secondary N) is 1. The highest BCUT2D eigenvalue weighted by Crippen LogP contribution is 2.21. The van der Waals surface area contributed by atoms with E-state index in [4.69, 9.17) is 5.73 Å². The van der Waals surface area contributed by atoms with Gasteiger partial charge in [0.1, 0.15) is 6.10 Å². The number of rotatable bonds is 4. The van der Waals surface area contributed by atoms with Crippen molar-refractivity contribution in [3.63, 3.8) is 0 Å². The summed E-state index contributed by atoms with van der Waals surface area (Å²) in [5.74, 6) is 0. The summed E-state index contributed by atoms with van der Waals surface area (Å²) in [5.41, 5.74) is 6.49. The number of nitrogens with zero attached hydrogens (tertiary/aromatic N) is 1. The van der Waals surface area contributed by atoms with Crippen LogP contribution in [-0.2, 0) is 0 Å². The first kappa shape index (κ1) is 10.9. The van der Waals surface area contributed by atoms with Crippen LogP contribution in [0.4, 0.5) is 5.69 Å². The Labute approximate surface area is 82.6 Å². The van der Waals surface area contributed by atoms with E-state index in [-0.39, 0.29) is 0 Å². The SMILES string of the molecule is CNCC(O)C(O)c1ccncc1N. The minimum Gasteiger partial charge on any atom is -0.397 e. The molecule has 0 bridgehead atoms. The quantitative estimate of drug-likeness (QED) is 0.511. The van der Waals surface area contributed by atoms with Gasteiger partial charge in [-0.3, -0.25) is 4.98 Å². The lowest BCUT2D eigenvalue weighted by molar-refractivity contribution is 0.0206. The third-order valence-corrected chi connectivity index (χ3v) is 1.98. The molecule has 5 N–H and O–H groups in total. The number of likely N-dealkylation sites (N-methyl/N-ethyl adjacent to an activating group) is 1. The molecule has 1 rings (SSSR count). The molecule has 0 amide bonds. The van der Waals surface area contributed by atoms with Crippen LogP contribution >= 0.6 is 0 Å². The van der Waals surface area contributed by atoms with Gasteiger partial charge in [0.15, 0.2) is 0 Å². The van der Waals surface area contributed by atoms with Crippen molar-refractivity contribution in [2.45, 2.75) is 12.2 Å². The van der Waals surface area contributed by atoms with E-state index in [2.05, 4.69) is 10.3 Å². The first-order valence-electron chi connectivity index (χ1n) is 4.37. The molecule has 5 heteroatoms. The predicted molar refractivity (Wildman–Crippen MR) is 53.5 cm³/mol. The van der Waals surface area contributed by atoms with Crippen molar-refractivity contribution >= 4 is 5.69 Å². The largest absolute Gasteiger partial charge is 0.397 e. The van der Waals surface area contributed by atoms with Gasteiger partial charge in [-0.2, -0.15) is 0 Å². The Kier molecular flexibility index (Phi) is 3.82. The fourth-order valence-electron chi connectivity index (χ4n) is 1.21. The van der Waals surface area contributed by atoms with E-state index in [1.807, 2.05) is 0 Å². The molecule has 0 fully saturated rings. The maximum absolute atomic E-state index is 9.70. The summed E-state index contributed by atoms with van der Waals surface area (Å²) < 4.78 is 0. The maximum atomic E-state index is 9.70. The van der Waals surface area contributed by atoms with Crippen LogP contribution in [-0.4, -0.2) is 34.9 Å². The first-order chi connectivity index (χ1) is 6.66. The van der Waals surface area contributed by atoms with E-state index in [1.165, 1.54) is 12.4 Å². The molecule has 1 aromatic rings. The van der Waals surface area contributed by atoms with E-state index in [0.717, 1.165) is 0 Å². The highest BCUT2D eigenvalue weighted by molar-refractivity contribution is 5.45. The summed E-state index contributed by atoms with van der Waals surface area (Å²) in [6, 6.07) is 1.60. The van der Waals surface area contributed by atoms with E-state index in [1.54, 1.807) is 13.1 Å². The minimum atomic E-state index is -0.981. The summed E-state index contributed by atoms with van der Waals surface area (Å²) in [5, 5.41) is 22.0. The number of pyridine rings is 1. The fourth-order valence-corrected chi connectivity index (χ4v) is 1.21. The number of aliphatic hydroxyl groups excluding tert-OH is 2. The van der Waals surface area contributed by atoms with Crippen molar-refractivity contribution in [3.8, 4) is 0 Å². The Balaban J connectivity index is 2.78. The van der Waals surface area contributed by atoms with Crippen LogP contribution in [0.25, 0.3) is 0 Å². The number of nitrogens with two attached hydrogens (primary N) is 1. The lowest BCUT2D eigenvalue weighted by Crippen LogP contribution is -2.30. The Hall–Kier alpha value is -1.17. The van der Waals surface area contributed by atoms with Gasteiger partial charge < -0.3 is 21.3 Å². The standard InChI is InChI=1S/C9H15N3O2/c1-11-5-8(13)9(14)6-2-3-12-4-7(6)10/h2-4,8-9,11,13-14H,5,10H2,1H3. The smallest absolute Gasteiger partial charge is 0.108 e. The van der Waals surface area contributed by atoms with Crippen LogP contribution in [0.2, 0.25) is 0 Å². The van der Waals surface area contributed by atoms with Crippen molar-refractivity contribution in [2.75, 3.05) is 19.3 Å². The molecular formula is C9H15N3O2. The number of hydrogen-bond acceptors (Lipinski definition) is 5.